The molecular formula is C13H16O3. The van der Waals surface area contributed by atoms with Crippen LogP contribution in [0.5, 0.6) is 5.75 Å². The van der Waals surface area contributed by atoms with Crippen molar-refractivity contribution in [3.63, 3.8) is 0 Å². The van der Waals surface area contributed by atoms with Crippen molar-refractivity contribution in [2.75, 3.05) is 0 Å². The molecule has 0 fully saturated rings. The molecule has 3 nitrogen and oxygen atoms in total. The summed E-state index contributed by atoms with van der Waals surface area (Å²) in [5.74, 6) is 0.0476. The van der Waals surface area contributed by atoms with E-state index in [1.54, 1.807) is 26.4 Å². The van der Waals surface area contributed by atoms with Gasteiger partial charge < -0.3 is 9.52 Å². The van der Waals surface area contributed by atoms with Gasteiger partial charge in [-0.15, -0.1) is 0 Å². The maximum Gasteiger partial charge on any atom is 0.154 e. The van der Waals surface area contributed by atoms with E-state index in [0.29, 0.717) is 17.4 Å². The Kier molecular flexibility index (Phi) is 3.72. The Morgan fingerprint density at radius 2 is 1.62 bits per heavy atom. The third-order valence-electron chi connectivity index (χ3n) is 2.60. The molecule has 0 aliphatic rings. The van der Waals surface area contributed by atoms with Crippen LogP contribution < -0.4 is 0 Å². The standard InChI is InChI=1S/C11H10O3.C2H6/c1-6-8(3-12)11(13)7(2)10-5-14-4-9(6)10;1-2/h3-5,13H,1-2H3;1-2H3. The van der Waals surface area contributed by atoms with Gasteiger partial charge in [0.2, 0.25) is 0 Å². The number of rotatable bonds is 1. The number of hydrogen-bond acceptors (Lipinski definition) is 3. The van der Waals surface area contributed by atoms with Gasteiger partial charge in [-0.1, -0.05) is 13.8 Å². The van der Waals surface area contributed by atoms with Crippen molar-refractivity contribution in [1.82, 2.24) is 0 Å². The lowest BCUT2D eigenvalue weighted by atomic mass is 9.98. The molecule has 2 aromatic rings. The number of carbonyl (C=O) groups excluding carboxylic acids is 1. The number of furan rings is 1. The van der Waals surface area contributed by atoms with E-state index in [4.69, 9.17) is 4.42 Å². The van der Waals surface area contributed by atoms with E-state index in [1.807, 2.05) is 13.8 Å². The van der Waals surface area contributed by atoms with E-state index in [9.17, 15) is 9.90 Å². The first-order chi connectivity index (χ1) is 7.66. The minimum atomic E-state index is 0.0476. The van der Waals surface area contributed by atoms with Crippen LogP contribution in [-0.4, -0.2) is 11.4 Å². The normalized spacial score (nSPS) is 9.75. The maximum absolute atomic E-state index is 10.8. The Morgan fingerprint density at radius 1 is 1.12 bits per heavy atom. The molecule has 3 heteroatoms. The molecule has 2 rings (SSSR count). The Balaban J connectivity index is 0.000000606. The Bertz CT molecular complexity index is 509. The predicted molar refractivity (Wildman–Crippen MR) is 64.1 cm³/mol. The van der Waals surface area contributed by atoms with Crippen molar-refractivity contribution in [3.8, 4) is 5.75 Å². The van der Waals surface area contributed by atoms with Crippen molar-refractivity contribution in [2.45, 2.75) is 27.7 Å². The van der Waals surface area contributed by atoms with Crippen molar-refractivity contribution < 1.29 is 14.3 Å². The van der Waals surface area contributed by atoms with Crippen LogP contribution in [0.2, 0.25) is 0 Å². The van der Waals surface area contributed by atoms with Crippen molar-refractivity contribution in [2.24, 2.45) is 0 Å². The van der Waals surface area contributed by atoms with Crippen LogP contribution in [0.25, 0.3) is 10.8 Å². The van der Waals surface area contributed by atoms with E-state index in [-0.39, 0.29) is 5.75 Å². The number of hydrogen-bond donors (Lipinski definition) is 1. The second-order valence-electron chi connectivity index (χ2n) is 3.33. The molecule has 0 aliphatic heterocycles. The molecule has 0 spiro atoms. The van der Waals surface area contributed by atoms with Gasteiger partial charge in [0, 0.05) is 16.3 Å². The summed E-state index contributed by atoms with van der Waals surface area (Å²) in [5.41, 5.74) is 1.78. The monoisotopic (exact) mass is 220 g/mol. The van der Waals surface area contributed by atoms with Gasteiger partial charge in [-0.05, 0) is 19.4 Å². The summed E-state index contributed by atoms with van der Waals surface area (Å²) in [4.78, 5) is 10.8. The molecule has 0 saturated heterocycles. The molecule has 0 radical (unpaired) electrons. The van der Waals surface area contributed by atoms with Gasteiger partial charge in [0.05, 0.1) is 18.1 Å². The Hall–Kier alpha value is -1.77. The number of aromatic hydroxyl groups is 1. The molecule has 0 bridgehead atoms. The zero-order chi connectivity index (χ0) is 12.3. The zero-order valence-corrected chi connectivity index (χ0v) is 10.00. The fourth-order valence-electron chi connectivity index (χ4n) is 1.67. The summed E-state index contributed by atoms with van der Waals surface area (Å²) >= 11 is 0. The van der Waals surface area contributed by atoms with Gasteiger partial charge in [0.15, 0.2) is 6.29 Å². The fraction of sp³-hybridized carbons (Fsp3) is 0.308. The Labute approximate surface area is 94.7 Å². The first-order valence-corrected chi connectivity index (χ1v) is 5.30. The molecule has 1 N–H and O–H groups in total. The number of aryl methyl sites for hydroxylation is 2. The highest BCUT2D eigenvalue weighted by Gasteiger charge is 2.14. The molecule has 0 unspecified atom stereocenters. The zero-order valence-electron chi connectivity index (χ0n) is 10.00. The van der Waals surface area contributed by atoms with Crippen LogP contribution >= 0.6 is 0 Å². The van der Waals surface area contributed by atoms with Gasteiger partial charge in [0.1, 0.15) is 5.75 Å². The van der Waals surface area contributed by atoms with E-state index in [2.05, 4.69) is 0 Å². The molecule has 0 atom stereocenters. The van der Waals surface area contributed by atoms with Crippen molar-refractivity contribution >= 4 is 17.1 Å². The molecular weight excluding hydrogens is 204 g/mol. The van der Waals surface area contributed by atoms with E-state index >= 15 is 0 Å². The van der Waals surface area contributed by atoms with Crippen LogP contribution in [0.1, 0.15) is 35.3 Å². The average molecular weight is 220 g/mol. The lowest BCUT2D eigenvalue weighted by molar-refractivity contribution is 0.112. The molecule has 86 valence electrons. The highest BCUT2D eigenvalue weighted by molar-refractivity contribution is 5.97. The first-order valence-electron chi connectivity index (χ1n) is 5.30. The van der Waals surface area contributed by atoms with Crippen molar-refractivity contribution in [3.05, 3.63) is 29.2 Å². The number of aldehydes is 1. The fourth-order valence-corrected chi connectivity index (χ4v) is 1.67. The quantitative estimate of drug-likeness (QED) is 0.747. The molecule has 16 heavy (non-hydrogen) atoms. The Morgan fingerprint density at radius 3 is 2.12 bits per heavy atom. The summed E-state index contributed by atoms with van der Waals surface area (Å²) in [6.07, 6.45) is 3.83. The number of fused-ring (bicyclic) bond motifs is 1. The SMILES string of the molecule is CC.Cc1c(O)c(C=O)c(C)c2cocc12. The molecule has 0 saturated carbocycles. The summed E-state index contributed by atoms with van der Waals surface area (Å²) < 4.78 is 5.05. The minimum Gasteiger partial charge on any atom is -0.507 e. The van der Waals surface area contributed by atoms with Crippen LogP contribution in [0.15, 0.2) is 16.9 Å². The van der Waals surface area contributed by atoms with E-state index in [0.717, 1.165) is 16.3 Å². The lowest BCUT2D eigenvalue weighted by Crippen LogP contribution is -1.91. The summed E-state index contributed by atoms with van der Waals surface area (Å²) in [5, 5.41) is 11.5. The van der Waals surface area contributed by atoms with Crippen LogP contribution in [0.3, 0.4) is 0 Å². The van der Waals surface area contributed by atoms with Crippen LogP contribution in [0, 0.1) is 13.8 Å². The molecule has 1 heterocycles. The molecule has 1 aromatic carbocycles. The summed E-state index contributed by atoms with van der Waals surface area (Å²) in [7, 11) is 0. The topological polar surface area (TPSA) is 50.4 Å². The number of benzene rings is 1. The molecule has 1 aromatic heterocycles. The second-order valence-corrected chi connectivity index (χ2v) is 3.33. The number of phenols is 1. The third kappa shape index (κ3) is 1.69. The number of phenolic OH excluding ortho intramolecular Hbond substituents is 1. The van der Waals surface area contributed by atoms with Gasteiger partial charge in [0.25, 0.3) is 0 Å². The van der Waals surface area contributed by atoms with Crippen LogP contribution in [-0.2, 0) is 0 Å². The van der Waals surface area contributed by atoms with Crippen molar-refractivity contribution in [1.29, 1.82) is 0 Å². The van der Waals surface area contributed by atoms with Gasteiger partial charge in [-0.3, -0.25) is 4.79 Å². The van der Waals surface area contributed by atoms with Gasteiger partial charge in [-0.2, -0.15) is 0 Å². The second kappa shape index (κ2) is 4.84. The molecule has 0 amide bonds. The maximum atomic E-state index is 10.8. The van der Waals surface area contributed by atoms with E-state index < -0.39 is 0 Å². The third-order valence-corrected chi connectivity index (χ3v) is 2.60. The smallest absolute Gasteiger partial charge is 0.154 e. The van der Waals surface area contributed by atoms with Gasteiger partial charge in [-0.25, -0.2) is 0 Å². The first kappa shape index (κ1) is 12.3. The highest BCUT2D eigenvalue weighted by atomic mass is 16.3. The van der Waals surface area contributed by atoms with Gasteiger partial charge >= 0.3 is 0 Å². The predicted octanol–water partition coefficient (Wildman–Crippen LogP) is 3.59. The van der Waals surface area contributed by atoms with E-state index in [1.165, 1.54) is 0 Å². The number of carbonyl (C=O) groups is 1. The minimum absolute atomic E-state index is 0.0476. The van der Waals surface area contributed by atoms with Crippen LogP contribution in [0.4, 0.5) is 0 Å². The molecule has 0 aliphatic carbocycles. The average Bonchev–Trinajstić information content (AvgIpc) is 2.79. The largest absolute Gasteiger partial charge is 0.507 e. The summed E-state index contributed by atoms with van der Waals surface area (Å²) in [6.45, 7) is 7.56. The highest BCUT2D eigenvalue weighted by Crippen LogP contribution is 2.33. The lowest BCUT2D eigenvalue weighted by Gasteiger charge is -2.06. The summed E-state index contributed by atoms with van der Waals surface area (Å²) in [6, 6.07) is 0.